The Labute approximate surface area is 117 Å². The van der Waals surface area contributed by atoms with Crippen molar-refractivity contribution < 1.29 is 0 Å². The highest BCUT2D eigenvalue weighted by Gasteiger charge is 2.22. The van der Waals surface area contributed by atoms with Crippen molar-refractivity contribution in [3.8, 4) is 0 Å². The number of hydrogen-bond donors (Lipinski definition) is 1. The molecule has 0 bridgehead atoms. The molecule has 0 aliphatic heterocycles. The summed E-state index contributed by atoms with van der Waals surface area (Å²) in [6.07, 6.45) is 3.36. The summed E-state index contributed by atoms with van der Waals surface area (Å²) in [5, 5.41) is 5.25. The van der Waals surface area contributed by atoms with E-state index in [-0.39, 0.29) is 11.0 Å². The van der Waals surface area contributed by atoms with Crippen molar-refractivity contribution in [1.29, 1.82) is 0 Å². The smallest absolute Gasteiger partial charge is 0.293 e. The van der Waals surface area contributed by atoms with E-state index >= 15 is 0 Å². The Kier molecular flexibility index (Phi) is 4.04. The summed E-state index contributed by atoms with van der Waals surface area (Å²) in [6.45, 7) is 7.61. The molecule has 0 atom stereocenters. The first-order valence-electron chi connectivity index (χ1n) is 6.38. The number of thiophene rings is 1. The number of anilines is 1. The number of nitrogens with one attached hydrogen (secondary N) is 1. The quantitative estimate of drug-likeness (QED) is 0.914. The summed E-state index contributed by atoms with van der Waals surface area (Å²) in [5.74, 6) is 0.425. The molecular formula is C14H19N3OS. The van der Waals surface area contributed by atoms with E-state index in [4.69, 9.17) is 0 Å². The van der Waals surface area contributed by atoms with Crippen molar-refractivity contribution in [1.82, 2.24) is 9.55 Å². The molecule has 0 aliphatic rings. The van der Waals surface area contributed by atoms with Gasteiger partial charge in [0.25, 0.3) is 5.56 Å². The zero-order valence-electron chi connectivity index (χ0n) is 11.5. The number of nitrogens with zero attached hydrogens (tertiary/aromatic N) is 2. The van der Waals surface area contributed by atoms with Gasteiger partial charge in [-0.1, -0.05) is 19.9 Å². The highest BCUT2D eigenvalue weighted by Crippen LogP contribution is 2.27. The number of aromatic nitrogens is 2. The second-order valence-corrected chi connectivity index (χ2v) is 6.03. The Hall–Kier alpha value is -1.62. The van der Waals surface area contributed by atoms with Gasteiger partial charge in [-0.3, -0.25) is 4.79 Å². The van der Waals surface area contributed by atoms with E-state index < -0.39 is 0 Å². The maximum absolute atomic E-state index is 12.0. The first kappa shape index (κ1) is 13.8. The van der Waals surface area contributed by atoms with E-state index in [1.54, 1.807) is 28.3 Å². The predicted molar refractivity (Wildman–Crippen MR) is 80.0 cm³/mol. The summed E-state index contributed by atoms with van der Waals surface area (Å²) in [7, 11) is 0. The second kappa shape index (κ2) is 5.57. The van der Waals surface area contributed by atoms with Crippen molar-refractivity contribution in [2.24, 2.45) is 0 Å². The molecule has 4 nitrogen and oxygen atoms in total. The lowest BCUT2D eigenvalue weighted by Gasteiger charge is -2.23. The third-order valence-corrected chi connectivity index (χ3v) is 4.38. The molecular weight excluding hydrogens is 258 g/mol. The maximum atomic E-state index is 12.0. The van der Waals surface area contributed by atoms with Crippen molar-refractivity contribution in [2.45, 2.75) is 32.7 Å². The number of aryl methyl sites for hydroxylation is 1. The fourth-order valence-electron chi connectivity index (χ4n) is 1.87. The third kappa shape index (κ3) is 3.04. The molecule has 2 aromatic heterocycles. The average molecular weight is 277 g/mol. The van der Waals surface area contributed by atoms with Crippen LogP contribution in [0.5, 0.6) is 0 Å². The van der Waals surface area contributed by atoms with Gasteiger partial charge in [0, 0.05) is 35.8 Å². The lowest BCUT2D eigenvalue weighted by atomic mass is 9.91. The minimum absolute atomic E-state index is 0.0187. The summed E-state index contributed by atoms with van der Waals surface area (Å²) in [5.41, 5.74) is -0.0817. The van der Waals surface area contributed by atoms with Crippen LogP contribution in [0.25, 0.3) is 0 Å². The molecule has 19 heavy (non-hydrogen) atoms. The van der Waals surface area contributed by atoms with Crippen LogP contribution in [-0.4, -0.2) is 16.1 Å². The molecule has 2 rings (SSSR count). The molecule has 0 spiro atoms. The zero-order chi connectivity index (χ0) is 13.9. The summed E-state index contributed by atoms with van der Waals surface area (Å²) in [6, 6.07) is 4.17. The SMILES string of the molecule is CCn1ccnc(NCC(C)(C)c2cccs2)c1=O. The molecule has 0 radical (unpaired) electrons. The molecule has 1 N–H and O–H groups in total. The maximum Gasteiger partial charge on any atom is 0.293 e. The Bertz CT molecular complexity index is 587. The van der Waals surface area contributed by atoms with E-state index in [1.165, 1.54) is 4.88 Å². The Balaban J connectivity index is 2.13. The average Bonchev–Trinajstić information content (AvgIpc) is 2.92. The highest BCUT2D eigenvalue weighted by atomic mass is 32.1. The molecule has 2 aromatic rings. The molecule has 2 heterocycles. The number of hydrogen-bond acceptors (Lipinski definition) is 4. The van der Waals surface area contributed by atoms with E-state index in [0.29, 0.717) is 18.9 Å². The van der Waals surface area contributed by atoms with Crippen LogP contribution in [0.1, 0.15) is 25.6 Å². The van der Waals surface area contributed by atoms with E-state index in [2.05, 4.69) is 35.6 Å². The molecule has 5 heteroatoms. The van der Waals surface area contributed by atoms with Crippen LogP contribution in [0.15, 0.2) is 34.7 Å². The minimum Gasteiger partial charge on any atom is -0.365 e. The van der Waals surface area contributed by atoms with Gasteiger partial charge in [-0.2, -0.15) is 0 Å². The molecule has 0 fully saturated rings. The van der Waals surface area contributed by atoms with Gasteiger partial charge in [-0.15, -0.1) is 11.3 Å². The molecule has 0 aromatic carbocycles. The van der Waals surface area contributed by atoms with Crippen molar-refractivity contribution >= 4 is 17.2 Å². The van der Waals surface area contributed by atoms with Gasteiger partial charge in [-0.25, -0.2) is 4.98 Å². The summed E-state index contributed by atoms with van der Waals surface area (Å²) < 4.78 is 1.65. The number of rotatable bonds is 5. The first-order valence-corrected chi connectivity index (χ1v) is 7.26. The van der Waals surface area contributed by atoms with Gasteiger partial charge in [0.2, 0.25) is 0 Å². The molecule has 0 aliphatic carbocycles. The zero-order valence-corrected chi connectivity index (χ0v) is 12.3. The lowest BCUT2D eigenvalue weighted by Crippen LogP contribution is -2.31. The van der Waals surface area contributed by atoms with Gasteiger partial charge >= 0.3 is 0 Å². The fourth-order valence-corrected chi connectivity index (χ4v) is 2.73. The van der Waals surface area contributed by atoms with E-state index in [1.807, 2.05) is 13.0 Å². The van der Waals surface area contributed by atoms with Gasteiger partial charge < -0.3 is 9.88 Å². The normalized spacial score (nSPS) is 11.5. The van der Waals surface area contributed by atoms with Crippen molar-refractivity contribution in [2.75, 3.05) is 11.9 Å². The Morgan fingerprint density at radius 2 is 2.26 bits per heavy atom. The van der Waals surface area contributed by atoms with E-state index in [0.717, 1.165) is 0 Å². The monoisotopic (exact) mass is 277 g/mol. The van der Waals surface area contributed by atoms with Gasteiger partial charge in [-0.05, 0) is 18.4 Å². The van der Waals surface area contributed by atoms with Crippen LogP contribution in [-0.2, 0) is 12.0 Å². The Morgan fingerprint density at radius 1 is 1.47 bits per heavy atom. The minimum atomic E-state index is -0.0630. The van der Waals surface area contributed by atoms with Gasteiger partial charge in [0.15, 0.2) is 5.82 Å². The molecule has 0 unspecified atom stereocenters. The highest BCUT2D eigenvalue weighted by molar-refractivity contribution is 7.10. The van der Waals surface area contributed by atoms with Crippen molar-refractivity contribution in [3.63, 3.8) is 0 Å². The van der Waals surface area contributed by atoms with Crippen LogP contribution in [0.3, 0.4) is 0 Å². The Morgan fingerprint density at radius 3 is 2.89 bits per heavy atom. The molecule has 0 amide bonds. The van der Waals surface area contributed by atoms with Crippen LogP contribution >= 0.6 is 11.3 Å². The molecule has 0 saturated heterocycles. The van der Waals surface area contributed by atoms with E-state index in [9.17, 15) is 4.79 Å². The fraction of sp³-hybridized carbons (Fsp3) is 0.429. The standard InChI is InChI=1S/C14H19N3OS/c1-4-17-8-7-15-12(13(17)18)16-10-14(2,3)11-6-5-9-19-11/h5-9H,4,10H2,1-3H3,(H,15,16). The largest absolute Gasteiger partial charge is 0.365 e. The topological polar surface area (TPSA) is 46.9 Å². The van der Waals surface area contributed by atoms with Gasteiger partial charge in [0.1, 0.15) is 0 Å². The summed E-state index contributed by atoms with van der Waals surface area (Å²) in [4.78, 5) is 17.5. The summed E-state index contributed by atoms with van der Waals surface area (Å²) >= 11 is 1.73. The van der Waals surface area contributed by atoms with Gasteiger partial charge in [0.05, 0.1) is 0 Å². The van der Waals surface area contributed by atoms with Crippen molar-refractivity contribution in [3.05, 3.63) is 45.1 Å². The van der Waals surface area contributed by atoms with Crippen LogP contribution in [0.4, 0.5) is 5.82 Å². The van der Waals surface area contributed by atoms with Crippen LogP contribution < -0.4 is 10.9 Å². The third-order valence-electron chi connectivity index (χ3n) is 3.14. The second-order valence-electron chi connectivity index (χ2n) is 5.08. The first-order chi connectivity index (χ1) is 9.04. The van der Waals surface area contributed by atoms with Crippen LogP contribution in [0, 0.1) is 0 Å². The molecule has 0 saturated carbocycles. The lowest BCUT2D eigenvalue weighted by molar-refractivity contribution is 0.566. The molecule has 102 valence electrons. The predicted octanol–water partition coefficient (Wildman–Crippen LogP) is 2.71. The van der Waals surface area contributed by atoms with Crippen LogP contribution in [0.2, 0.25) is 0 Å².